The topological polar surface area (TPSA) is 177 Å². The fraction of sp³-hybridized carbons (Fsp3) is 0.300. The quantitative estimate of drug-likeness (QED) is 0.105. The summed E-state index contributed by atoms with van der Waals surface area (Å²) in [6.45, 7) is 1.94. The van der Waals surface area contributed by atoms with Crippen molar-refractivity contribution in [3.05, 3.63) is 82.4 Å². The summed E-state index contributed by atoms with van der Waals surface area (Å²) in [5.41, 5.74) is 18.7. The van der Waals surface area contributed by atoms with Gasteiger partial charge in [0.15, 0.2) is 0 Å². The monoisotopic (exact) mass is 643 g/mol. The van der Waals surface area contributed by atoms with Crippen LogP contribution in [0.15, 0.2) is 59.9 Å². The van der Waals surface area contributed by atoms with Gasteiger partial charge in [-0.15, -0.1) is 0 Å². The Hall–Kier alpha value is -4.04. The number of amidine groups is 1. The van der Waals surface area contributed by atoms with Crippen LogP contribution in [0.4, 0.5) is 15.8 Å². The van der Waals surface area contributed by atoms with Crippen LogP contribution in [0.5, 0.6) is 0 Å². The second-order valence-electron chi connectivity index (χ2n) is 10.7. The van der Waals surface area contributed by atoms with Gasteiger partial charge in [-0.05, 0) is 73.6 Å². The van der Waals surface area contributed by atoms with Crippen molar-refractivity contribution >= 4 is 50.8 Å². The number of benzene rings is 2. The molecule has 0 unspecified atom stereocenters. The summed E-state index contributed by atoms with van der Waals surface area (Å²) >= 11 is 6.26. The van der Waals surface area contributed by atoms with Gasteiger partial charge in [0.25, 0.3) is 6.47 Å². The Labute approximate surface area is 260 Å². The Morgan fingerprint density at radius 2 is 1.91 bits per heavy atom. The predicted octanol–water partition coefficient (Wildman–Crippen LogP) is 4.57. The van der Waals surface area contributed by atoms with Crippen molar-refractivity contribution in [3.8, 4) is 11.1 Å². The van der Waals surface area contributed by atoms with Gasteiger partial charge in [-0.3, -0.25) is 4.79 Å². The number of aliphatic imine (C=N–C) groups is 1. The van der Waals surface area contributed by atoms with Crippen molar-refractivity contribution in [1.82, 2.24) is 14.3 Å². The Balaban J connectivity index is 0.00000141. The minimum Gasteiger partial charge on any atom is -0.483 e. The minimum atomic E-state index is -3.33. The molecule has 234 valence electrons. The number of sulfonamides is 1. The molecule has 0 spiro atoms. The predicted molar refractivity (Wildman–Crippen MR) is 171 cm³/mol. The summed E-state index contributed by atoms with van der Waals surface area (Å²) in [4.78, 5) is 12.8. The summed E-state index contributed by atoms with van der Waals surface area (Å²) in [6.07, 6.45) is 8.34. The molecule has 2 aromatic carbocycles. The lowest BCUT2D eigenvalue weighted by Crippen LogP contribution is -2.33. The molecule has 1 aliphatic rings. The van der Waals surface area contributed by atoms with E-state index in [1.807, 2.05) is 37.4 Å². The first-order chi connectivity index (χ1) is 20.9. The molecule has 7 N–H and O–H groups in total. The fourth-order valence-electron chi connectivity index (χ4n) is 5.08. The molecule has 5 rings (SSSR count). The zero-order valence-electron chi connectivity index (χ0n) is 24.3. The van der Waals surface area contributed by atoms with Crippen LogP contribution < -0.4 is 21.5 Å². The molecule has 0 aliphatic heterocycles. The van der Waals surface area contributed by atoms with Crippen molar-refractivity contribution in [2.45, 2.75) is 51.2 Å². The fourth-order valence-corrected chi connectivity index (χ4v) is 5.67. The second-order valence-corrected chi connectivity index (χ2v) is 12.9. The number of rotatable bonds is 8. The maximum absolute atomic E-state index is 13.9. The van der Waals surface area contributed by atoms with E-state index in [0.29, 0.717) is 5.56 Å². The molecule has 1 fully saturated rings. The SMILES string of the molecule is Cc1ccc(CNS(C)(=O)=O)cc1-c1cc2c(NC3CCC(N)CC3)c(C(N)=Nc3cc(F)ccc3Cl)cnn2c1.O=CO. The molecule has 0 saturated heterocycles. The van der Waals surface area contributed by atoms with Gasteiger partial charge in [0.05, 0.1) is 39.9 Å². The van der Waals surface area contributed by atoms with E-state index in [2.05, 4.69) is 20.1 Å². The van der Waals surface area contributed by atoms with Crippen molar-refractivity contribution in [2.24, 2.45) is 16.5 Å². The van der Waals surface area contributed by atoms with Gasteiger partial charge in [-0.2, -0.15) is 5.10 Å². The van der Waals surface area contributed by atoms with Crippen LogP contribution >= 0.6 is 11.6 Å². The second kappa shape index (κ2) is 14.2. The molecule has 4 aromatic rings. The largest absolute Gasteiger partial charge is 0.483 e. The highest BCUT2D eigenvalue weighted by Crippen LogP contribution is 2.33. The lowest BCUT2D eigenvalue weighted by Gasteiger charge is -2.28. The summed E-state index contributed by atoms with van der Waals surface area (Å²) in [7, 11) is -3.33. The molecule has 1 saturated carbocycles. The highest BCUT2D eigenvalue weighted by atomic mass is 35.5. The third kappa shape index (κ3) is 8.32. The van der Waals surface area contributed by atoms with E-state index >= 15 is 0 Å². The van der Waals surface area contributed by atoms with Crippen molar-refractivity contribution in [1.29, 1.82) is 0 Å². The summed E-state index contributed by atoms with van der Waals surface area (Å²) in [5, 5.41) is 15.5. The molecule has 14 heteroatoms. The number of nitrogens with two attached hydrogens (primary N) is 2. The Bertz CT molecular complexity index is 1790. The van der Waals surface area contributed by atoms with E-state index in [9.17, 15) is 12.8 Å². The number of aryl methyl sites for hydroxylation is 1. The van der Waals surface area contributed by atoms with Gasteiger partial charge >= 0.3 is 0 Å². The molecular weight excluding hydrogens is 609 g/mol. The highest BCUT2D eigenvalue weighted by molar-refractivity contribution is 7.88. The summed E-state index contributed by atoms with van der Waals surface area (Å²) in [5.74, 6) is -0.317. The molecule has 2 heterocycles. The van der Waals surface area contributed by atoms with Gasteiger partial charge in [-0.25, -0.2) is 27.0 Å². The molecule has 44 heavy (non-hydrogen) atoms. The summed E-state index contributed by atoms with van der Waals surface area (Å²) < 4.78 is 41.5. The van der Waals surface area contributed by atoms with Crippen LogP contribution in [0.1, 0.15) is 42.4 Å². The highest BCUT2D eigenvalue weighted by Gasteiger charge is 2.22. The maximum atomic E-state index is 13.9. The number of halogens is 2. The van der Waals surface area contributed by atoms with Gasteiger partial charge < -0.3 is 21.9 Å². The van der Waals surface area contributed by atoms with Crippen LogP contribution in [0.2, 0.25) is 5.02 Å². The lowest BCUT2D eigenvalue weighted by atomic mass is 9.91. The number of nitrogens with one attached hydrogen (secondary N) is 2. The van der Waals surface area contributed by atoms with Crippen molar-refractivity contribution in [3.63, 3.8) is 0 Å². The number of hydrogen-bond donors (Lipinski definition) is 5. The first kappa shape index (κ1) is 32.9. The smallest absolute Gasteiger partial charge is 0.290 e. The van der Waals surface area contributed by atoms with Gasteiger partial charge in [0.2, 0.25) is 10.0 Å². The number of carbonyl (C=O) groups is 1. The Morgan fingerprint density at radius 3 is 2.59 bits per heavy atom. The molecule has 0 amide bonds. The summed E-state index contributed by atoms with van der Waals surface area (Å²) in [6, 6.07) is 12.2. The van der Waals surface area contributed by atoms with E-state index in [-0.39, 0.29) is 41.6 Å². The molecular formula is C30H35ClFN7O4S. The Kier molecular flexibility index (Phi) is 10.6. The molecule has 0 atom stereocenters. The number of carboxylic acid groups (broad SMARTS) is 1. The van der Waals surface area contributed by atoms with E-state index in [4.69, 9.17) is 33.0 Å². The standard InChI is InChI=1S/C29H33ClFN7O2S.CH2O2/c1-17-3-4-18(14-35-41(2,39)40)11-23(17)19-12-27-28(36-22-8-6-21(32)7-9-22)24(15-34-38(27)16-19)29(33)37-26-13-20(31)5-10-25(26)30;2-1-3/h3-5,10-13,15-16,21-22,35-36H,6-9,14,32H2,1-2H3,(H2,33,37);1H,(H,2,3). The van der Waals surface area contributed by atoms with Gasteiger partial charge in [0, 0.05) is 36.5 Å². The number of anilines is 1. The zero-order valence-corrected chi connectivity index (χ0v) is 25.9. The van der Waals surface area contributed by atoms with E-state index < -0.39 is 15.8 Å². The Morgan fingerprint density at radius 1 is 1.20 bits per heavy atom. The minimum absolute atomic E-state index is 0.148. The molecule has 11 nitrogen and oxygen atoms in total. The third-order valence-corrected chi connectivity index (χ3v) is 8.32. The van der Waals surface area contributed by atoms with Gasteiger partial charge in [0.1, 0.15) is 11.7 Å². The first-order valence-electron chi connectivity index (χ1n) is 13.8. The van der Waals surface area contributed by atoms with E-state index in [1.165, 1.54) is 18.2 Å². The average Bonchev–Trinajstić information content (AvgIpc) is 3.40. The lowest BCUT2D eigenvalue weighted by molar-refractivity contribution is -0.122. The van der Waals surface area contributed by atoms with Crippen LogP contribution in [0.3, 0.4) is 0 Å². The number of aromatic nitrogens is 2. The molecule has 1 aliphatic carbocycles. The molecule has 2 aromatic heterocycles. The number of nitrogens with zero attached hydrogens (tertiary/aromatic N) is 3. The van der Waals surface area contributed by atoms with Crippen LogP contribution in [-0.4, -0.2) is 53.8 Å². The van der Waals surface area contributed by atoms with Gasteiger partial charge in [-0.1, -0.05) is 23.7 Å². The number of hydrogen-bond acceptors (Lipinski definition) is 7. The van der Waals surface area contributed by atoms with Crippen molar-refractivity contribution in [2.75, 3.05) is 11.6 Å². The van der Waals surface area contributed by atoms with Crippen molar-refractivity contribution < 1.29 is 22.7 Å². The normalized spacial score (nSPS) is 17.2. The molecule has 0 radical (unpaired) electrons. The van der Waals surface area contributed by atoms with Crippen LogP contribution in [0, 0.1) is 12.7 Å². The number of fused-ring (bicyclic) bond motifs is 1. The first-order valence-corrected chi connectivity index (χ1v) is 16.1. The average molecular weight is 644 g/mol. The van der Waals surface area contributed by atoms with E-state index in [0.717, 1.165) is 65.4 Å². The molecule has 0 bridgehead atoms. The van der Waals surface area contributed by atoms with E-state index in [1.54, 1.807) is 10.7 Å². The van der Waals surface area contributed by atoms with Crippen LogP contribution in [0.25, 0.3) is 16.6 Å². The van der Waals surface area contributed by atoms with Crippen LogP contribution in [-0.2, 0) is 21.4 Å². The maximum Gasteiger partial charge on any atom is 0.290 e. The third-order valence-electron chi connectivity index (χ3n) is 7.33. The zero-order chi connectivity index (χ0) is 32.0.